The van der Waals surface area contributed by atoms with Gasteiger partial charge < -0.3 is 0 Å². The molecule has 0 nitrogen and oxygen atoms in total. The second kappa shape index (κ2) is 6.74. The molecule has 3 heteroatoms. The summed E-state index contributed by atoms with van der Waals surface area (Å²) in [5.74, 6) is 0.493. The standard InChI is InChI=1S/C15H16BrClS/c1-2-14-6-7-15(18-14)9-12(10-16)11-4-3-5-13(17)8-11/h3-8,12H,2,9-10H2,1H3. The number of aryl methyl sites for hydroxylation is 1. The zero-order valence-corrected chi connectivity index (χ0v) is 13.5. The molecule has 1 aromatic heterocycles. The van der Waals surface area contributed by atoms with Gasteiger partial charge >= 0.3 is 0 Å². The van der Waals surface area contributed by atoms with Crippen LogP contribution in [0.15, 0.2) is 36.4 Å². The van der Waals surface area contributed by atoms with Crippen molar-refractivity contribution in [3.05, 3.63) is 56.7 Å². The molecule has 1 aromatic carbocycles. The van der Waals surface area contributed by atoms with Gasteiger partial charge in [-0.05, 0) is 48.6 Å². The summed E-state index contributed by atoms with van der Waals surface area (Å²) >= 11 is 11.6. The van der Waals surface area contributed by atoms with Crippen molar-refractivity contribution >= 4 is 38.9 Å². The zero-order chi connectivity index (χ0) is 13.0. The normalized spacial score (nSPS) is 12.6. The van der Waals surface area contributed by atoms with E-state index in [0.29, 0.717) is 5.92 Å². The Hall–Kier alpha value is -0.310. The summed E-state index contributed by atoms with van der Waals surface area (Å²) < 4.78 is 0. The van der Waals surface area contributed by atoms with Crippen LogP contribution in [-0.4, -0.2) is 5.33 Å². The van der Waals surface area contributed by atoms with E-state index in [4.69, 9.17) is 11.6 Å². The molecule has 1 atom stereocenters. The summed E-state index contributed by atoms with van der Waals surface area (Å²) in [6.45, 7) is 2.20. The van der Waals surface area contributed by atoms with Crippen LogP contribution < -0.4 is 0 Å². The topological polar surface area (TPSA) is 0 Å². The van der Waals surface area contributed by atoms with Gasteiger partial charge in [0, 0.05) is 20.1 Å². The van der Waals surface area contributed by atoms with Gasteiger partial charge in [0.05, 0.1) is 0 Å². The first-order chi connectivity index (χ1) is 8.72. The summed E-state index contributed by atoms with van der Waals surface area (Å²) in [4.78, 5) is 2.92. The average Bonchev–Trinajstić information content (AvgIpc) is 2.83. The van der Waals surface area contributed by atoms with Crippen LogP contribution in [0.25, 0.3) is 0 Å². The van der Waals surface area contributed by atoms with Gasteiger partial charge in [0.15, 0.2) is 0 Å². The molecule has 0 aliphatic carbocycles. The van der Waals surface area contributed by atoms with E-state index in [1.807, 2.05) is 23.5 Å². The fraction of sp³-hybridized carbons (Fsp3) is 0.333. The Morgan fingerprint density at radius 2 is 2.00 bits per heavy atom. The summed E-state index contributed by atoms with van der Waals surface area (Å²) in [6.07, 6.45) is 2.21. The van der Waals surface area contributed by atoms with Crippen molar-refractivity contribution in [1.29, 1.82) is 0 Å². The second-order valence-corrected chi connectivity index (χ2v) is 6.67. The lowest BCUT2D eigenvalue weighted by atomic mass is 9.97. The van der Waals surface area contributed by atoms with Gasteiger partial charge in [-0.2, -0.15) is 0 Å². The van der Waals surface area contributed by atoms with E-state index in [2.05, 4.69) is 47.1 Å². The van der Waals surface area contributed by atoms with E-state index in [0.717, 1.165) is 23.2 Å². The Morgan fingerprint density at radius 1 is 1.22 bits per heavy atom. The van der Waals surface area contributed by atoms with Crippen LogP contribution >= 0.6 is 38.9 Å². The SMILES string of the molecule is CCc1ccc(CC(CBr)c2cccc(Cl)c2)s1. The number of thiophene rings is 1. The monoisotopic (exact) mass is 342 g/mol. The summed E-state index contributed by atoms with van der Waals surface area (Å²) in [7, 11) is 0. The van der Waals surface area contributed by atoms with Crippen molar-refractivity contribution in [2.45, 2.75) is 25.7 Å². The van der Waals surface area contributed by atoms with Gasteiger partial charge in [-0.15, -0.1) is 11.3 Å². The van der Waals surface area contributed by atoms with Crippen molar-refractivity contribution in [2.75, 3.05) is 5.33 Å². The predicted octanol–water partition coefficient (Wildman–Crippen LogP) is 5.69. The van der Waals surface area contributed by atoms with Crippen molar-refractivity contribution in [3.8, 4) is 0 Å². The van der Waals surface area contributed by atoms with Gasteiger partial charge in [0.25, 0.3) is 0 Å². The molecule has 0 aliphatic heterocycles. The maximum atomic E-state index is 6.06. The minimum atomic E-state index is 0.493. The van der Waals surface area contributed by atoms with Crippen LogP contribution in [0, 0.1) is 0 Å². The minimum absolute atomic E-state index is 0.493. The van der Waals surface area contributed by atoms with Crippen LogP contribution in [0.1, 0.15) is 28.2 Å². The molecule has 0 aliphatic rings. The van der Waals surface area contributed by atoms with Crippen LogP contribution in [0.5, 0.6) is 0 Å². The van der Waals surface area contributed by atoms with E-state index in [9.17, 15) is 0 Å². The molecule has 1 heterocycles. The minimum Gasteiger partial charge on any atom is -0.145 e. The molecule has 0 fully saturated rings. The van der Waals surface area contributed by atoms with Gasteiger partial charge in [-0.1, -0.05) is 46.6 Å². The molecule has 0 bridgehead atoms. The van der Waals surface area contributed by atoms with Crippen molar-refractivity contribution in [1.82, 2.24) is 0 Å². The maximum absolute atomic E-state index is 6.06. The number of alkyl halides is 1. The number of rotatable bonds is 5. The van der Waals surface area contributed by atoms with Crippen LogP contribution in [0.2, 0.25) is 5.02 Å². The third-order valence-corrected chi connectivity index (χ3v) is 5.29. The highest BCUT2D eigenvalue weighted by atomic mass is 79.9. The molecule has 0 N–H and O–H groups in total. The van der Waals surface area contributed by atoms with E-state index in [-0.39, 0.29) is 0 Å². The largest absolute Gasteiger partial charge is 0.145 e. The lowest BCUT2D eigenvalue weighted by molar-refractivity contribution is 0.786. The first-order valence-electron chi connectivity index (χ1n) is 6.12. The third kappa shape index (κ3) is 3.59. The fourth-order valence-electron chi connectivity index (χ4n) is 1.99. The molecule has 2 rings (SSSR count). The van der Waals surface area contributed by atoms with Gasteiger partial charge in [-0.3, -0.25) is 0 Å². The molecule has 18 heavy (non-hydrogen) atoms. The number of hydrogen-bond acceptors (Lipinski definition) is 1. The van der Waals surface area contributed by atoms with Gasteiger partial charge in [0.2, 0.25) is 0 Å². The van der Waals surface area contributed by atoms with Crippen LogP contribution in [0.3, 0.4) is 0 Å². The summed E-state index contributed by atoms with van der Waals surface area (Å²) in [5, 5.41) is 1.78. The third-order valence-electron chi connectivity index (χ3n) is 3.02. The highest BCUT2D eigenvalue weighted by Crippen LogP contribution is 2.28. The van der Waals surface area contributed by atoms with Crippen molar-refractivity contribution in [2.24, 2.45) is 0 Å². The first-order valence-corrected chi connectivity index (χ1v) is 8.43. The predicted molar refractivity (Wildman–Crippen MR) is 85.4 cm³/mol. The molecule has 0 saturated carbocycles. The second-order valence-electron chi connectivity index (χ2n) is 4.33. The molecule has 0 saturated heterocycles. The Kier molecular flexibility index (Phi) is 5.28. The maximum Gasteiger partial charge on any atom is 0.0408 e. The molecule has 0 spiro atoms. The van der Waals surface area contributed by atoms with E-state index in [1.165, 1.54) is 15.3 Å². The quantitative estimate of drug-likeness (QED) is 0.612. The van der Waals surface area contributed by atoms with E-state index >= 15 is 0 Å². The molecule has 0 radical (unpaired) electrons. The van der Waals surface area contributed by atoms with Crippen molar-refractivity contribution < 1.29 is 0 Å². The van der Waals surface area contributed by atoms with Crippen LogP contribution in [-0.2, 0) is 12.8 Å². The van der Waals surface area contributed by atoms with E-state index in [1.54, 1.807) is 0 Å². The Bertz CT molecular complexity index is 507. The molecule has 96 valence electrons. The first kappa shape index (κ1) is 14.1. The average molecular weight is 344 g/mol. The lowest BCUT2D eigenvalue weighted by Gasteiger charge is -2.13. The summed E-state index contributed by atoms with van der Waals surface area (Å²) in [5.41, 5.74) is 1.31. The molecular formula is C15H16BrClS. The number of hydrogen-bond donors (Lipinski definition) is 0. The number of benzene rings is 1. The summed E-state index contributed by atoms with van der Waals surface area (Å²) in [6, 6.07) is 12.7. The highest BCUT2D eigenvalue weighted by Gasteiger charge is 2.12. The zero-order valence-electron chi connectivity index (χ0n) is 10.3. The van der Waals surface area contributed by atoms with Crippen LogP contribution in [0.4, 0.5) is 0 Å². The highest BCUT2D eigenvalue weighted by molar-refractivity contribution is 9.09. The van der Waals surface area contributed by atoms with Crippen molar-refractivity contribution in [3.63, 3.8) is 0 Å². The lowest BCUT2D eigenvalue weighted by Crippen LogP contribution is -2.03. The molecule has 0 amide bonds. The Labute approximate surface area is 126 Å². The Morgan fingerprint density at radius 3 is 2.61 bits per heavy atom. The smallest absolute Gasteiger partial charge is 0.0408 e. The Balaban J connectivity index is 2.14. The van der Waals surface area contributed by atoms with Gasteiger partial charge in [0.1, 0.15) is 0 Å². The number of halogens is 2. The van der Waals surface area contributed by atoms with E-state index < -0.39 is 0 Å². The fourth-order valence-corrected chi connectivity index (χ4v) is 3.83. The molecule has 1 unspecified atom stereocenters. The van der Waals surface area contributed by atoms with Gasteiger partial charge in [-0.25, -0.2) is 0 Å². The molecule has 2 aromatic rings. The molecular weight excluding hydrogens is 328 g/mol.